The molecule has 0 spiro atoms. The van der Waals surface area contributed by atoms with Crippen molar-refractivity contribution in [3.63, 3.8) is 0 Å². The topological polar surface area (TPSA) is 61.4 Å². The summed E-state index contributed by atoms with van der Waals surface area (Å²) in [6.07, 6.45) is 0.896. The van der Waals surface area contributed by atoms with E-state index in [-0.39, 0.29) is 17.9 Å². The third-order valence-electron chi connectivity index (χ3n) is 4.37. The summed E-state index contributed by atoms with van der Waals surface area (Å²) in [5.74, 6) is 0.452. The number of hydrogen-bond acceptors (Lipinski definition) is 3. The van der Waals surface area contributed by atoms with E-state index in [2.05, 4.69) is 24.5 Å². The zero-order chi connectivity index (χ0) is 14.6. The molecule has 0 radical (unpaired) electrons. The molecule has 1 aromatic rings. The summed E-state index contributed by atoms with van der Waals surface area (Å²) >= 11 is 0. The molecule has 1 saturated heterocycles. The van der Waals surface area contributed by atoms with Gasteiger partial charge in [-0.05, 0) is 30.0 Å². The van der Waals surface area contributed by atoms with Gasteiger partial charge in [0, 0.05) is 13.1 Å². The van der Waals surface area contributed by atoms with Crippen LogP contribution in [-0.2, 0) is 17.9 Å². The van der Waals surface area contributed by atoms with Gasteiger partial charge in [-0.1, -0.05) is 38.1 Å². The standard InChI is InChI=1S/C16H24N2O2/c1-12(2)16(6-7-17-11-16)15(20)18-9-13-4-3-5-14(8-13)10-19/h3-5,8,12,17,19H,6-7,9-11H2,1-2H3,(H,18,20). The highest BCUT2D eigenvalue weighted by molar-refractivity contribution is 5.83. The molecule has 0 bridgehead atoms. The van der Waals surface area contributed by atoms with Gasteiger partial charge >= 0.3 is 0 Å². The minimum absolute atomic E-state index is 0.0294. The van der Waals surface area contributed by atoms with Gasteiger partial charge < -0.3 is 15.7 Å². The van der Waals surface area contributed by atoms with Crippen molar-refractivity contribution in [2.75, 3.05) is 13.1 Å². The zero-order valence-electron chi connectivity index (χ0n) is 12.3. The first-order valence-electron chi connectivity index (χ1n) is 7.26. The normalized spacial score (nSPS) is 22.2. The molecule has 110 valence electrons. The lowest BCUT2D eigenvalue weighted by Gasteiger charge is -2.31. The summed E-state index contributed by atoms with van der Waals surface area (Å²) in [7, 11) is 0. The van der Waals surface area contributed by atoms with Gasteiger partial charge in [0.05, 0.1) is 12.0 Å². The second kappa shape index (κ2) is 6.37. The van der Waals surface area contributed by atoms with Crippen LogP contribution in [0, 0.1) is 11.3 Å². The van der Waals surface area contributed by atoms with Crippen molar-refractivity contribution < 1.29 is 9.90 Å². The van der Waals surface area contributed by atoms with Crippen molar-refractivity contribution in [3.05, 3.63) is 35.4 Å². The zero-order valence-corrected chi connectivity index (χ0v) is 12.3. The molecular formula is C16H24N2O2. The molecule has 1 heterocycles. The Bertz CT molecular complexity index is 465. The lowest BCUT2D eigenvalue weighted by atomic mass is 9.75. The van der Waals surface area contributed by atoms with Crippen LogP contribution in [0.15, 0.2) is 24.3 Å². The van der Waals surface area contributed by atoms with Gasteiger partial charge in [-0.2, -0.15) is 0 Å². The number of rotatable bonds is 5. The van der Waals surface area contributed by atoms with Gasteiger partial charge in [0.25, 0.3) is 0 Å². The Hall–Kier alpha value is -1.39. The van der Waals surface area contributed by atoms with E-state index in [4.69, 9.17) is 5.11 Å². The maximum absolute atomic E-state index is 12.5. The van der Waals surface area contributed by atoms with E-state index in [1.54, 1.807) is 0 Å². The molecule has 20 heavy (non-hydrogen) atoms. The summed E-state index contributed by atoms with van der Waals surface area (Å²) in [5.41, 5.74) is 1.61. The molecular weight excluding hydrogens is 252 g/mol. The maximum Gasteiger partial charge on any atom is 0.228 e. The number of aliphatic hydroxyl groups is 1. The molecule has 4 heteroatoms. The largest absolute Gasteiger partial charge is 0.392 e. The quantitative estimate of drug-likeness (QED) is 0.762. The predicted molar refractivity (Wildman–Crippen MR) is 79.0 cm³/mol. The number of benzene rings is 1. The first-order chi connectivity index (χ1) is 9.58. The number of carbonyl (C=O) groups excluding carboxylic acids is 1. The third kappa shape index (κ3) is 3.02. The van der Waals surface area contributed by atoms with Crippen LogP contribution in [0.3, 0.4) is 0 Å². The van der Waals surface area contributed by atoms with Gasteiger partial charge in [-0.25, -0.2) is 0 Å². The smallest absolute Gasteiger partial charge is 0.228 e. The first-order valence-corrected chi connectivity index (χ1v) is 7.26. The molecule has 1 atom stereocenters. The minimum atomic E-state index is -0.283. The average molecular weight is 276 g/mol. The Kier molecular flexibility index (Phi) is 4.78. The fourth-order valence-corrected chi connectivity index (χ4v) is 2.86. The van der Waals surface area contributed by atoms with Crippen LogP contribution < -0.4 is 10.6 Å². The monoisotopic (exact) mass is 276 g/mol. The predicted octanol–water partition coefficient (Wildman–Crippen LogP) is 1.43. The van der Waals surface area contributed by atoms with Crippen molar-refractivity contribution in [1.29, 1.82) is 0 Å². The van der Waals surface area contributed by atoms with Crippen LogP contribution in [0.25, 0.3) is 0 Å². The molecule has 1 aliphatic rings. The highest BCUT2D eigenvalue weighted by Gasteiger charge is 2.43. The van der Waals surface area contributed by atoms with Crippen molar-refractivity contribution >= 4 is 5.91 Å². The van der Waals surface area contributed by atoms with Crippen molar-refractivity contribution in [3.8, 4) is 0 Å². The van der Waals surface area contributed by atoms with Crippen molar-refractivity contribution in [2.24, 2.45) is 11.3 Å². The number of nitrogens with one attached hydrogen (secondary N) is 2. The van der Waals surface area contributed by atoms with E-state index in [0.29, 0.717) is 12.5 Å². The highest BCUT2D eigenvalue weighted by atomic mass is 16.3. The Morgan fingerprint density at radius 3 is 2.80 bits per heavy atom. The molecule has 1 unspecified atom stereocenters. The minimum Gasteiger partial charge on any atom is -0.392 e. The van der Waals surface area contributed by atoms with Gasteiger partial charge in [0.15, 0.2) is 0 Å². The number of hydrogen-bond donors (Lipinski definition) is 3. The number of amides is 1. The highest BCUT2D eigenvalue weighted by Crippen LogP contribution is 2.34. The molecule has 0 aromatic heterocycles. The molecule has 4 nitrogen and oxygen atoms in total. The Labute approximate surface area is 120 Å². The van der Waals surface area contributed by atoms with Crippen LogP contribution in [0.2, 0.25) is 0 Å². The van der Waals surface area contributed by atoms with Crippen LogP contribution in [0.4, 0.5) is 0 Å². The van der Waals surface area contributed by atoms with Gasteiger partial charge in [0.1, 0.15) is 0 Å². The average Bonchev–Trinajstić information content (AvgIpc) is 2.96. The summed E-state index contributed by atoms with van der Waals surface area (Å²) in [6, 6.07) is 7.67. The lowest BCUT2D eigenvalue weighted by Crippen LogP contribution is -2.45. The molecule has 3 N–H and O–H groups in total. The first kappa shape index (κ1) is 15.0. The van der Waals surface area contributed by atoms with Crippen LogP contribution in [0.5, 0.6) is 0 Å². The lowest BCUT2D eigenvalue weighted by molar-refractivity contribution is -0.132. The van der Waals surface area contributed by atoms with Crippen LogP contribution in [-0.4, -0.2) is 24.1 Å². The molecule has 0 aliphatic carbocycles. The Morgan fingerprint density at radius 2 is 2.20 bits per heavy atom. The molecule has 0 saturated carbocycles. The van der Waals surface area contributed by atoms with E-state index in [0.717, 1.165) is 30.6 Å². The molecule has 1 amide bonds. The molecule has 1 aromatic carbocycles. The molecule has 1 aliphatic heterocycles. The van der Waals surface area contributed by atoms with E-state index < -0.39 is 0 Å². The van der Waals surface area contributed by atoms with E-state index in [9.17, 15) is 4.79 Å². The fraction of sp³-hybridized carbons (Fsp3) is 0.562. The molecule has 1 fully saturated rings. The van der Waals surface area contributed by atoms with Crippen LogP contribution in [0.1, 0.15) is 31.4 Å². The Morgan fingerprint density at radius 1 is 1.45 bits per heavy atom. The van der Waals surface area contributed by atoms with Crippen LogP contribution >= 0.6 is 0 Å². The summed E-state index contributed by atoms with van der Waals surface area (Å²) in [5, 5.41) is 15.5. The van der Waals surface area contributed by atoms with E-state index in [1.165, 1.54) is 0 Å². The fourth-order valence-electron chi connectivity index (χ4n) is 2.86. The molecule has 2 rings (SSSR count). The summed E-state index contributed by atoms with van der Waals surface area (Å²) in [4.78, 5) is 12.5. The SMILES string of the molecule is CC(C)C1(C(=O)NCc2cccc(CO)c2)CCNC1. The Balaban J connectivity index is 2.00. The van der Waals surface area contributed by atoms with E-state index in [1.807, 2.05) is 24.3 Å². The van der Waals surface area contributed by atoms with Gasteiger partial charge in [-0.15, -0.1) is 0 Å². The third-order valence-corrected chi connectivity index (χ3v) is 4.37. The number of carbonyl (C=O) groups is 1. The second-order valence-electron chi connectivity index (χ2n) is 5.90. The van der Waals surface area contributed by atoms with E-state index >= 15 is 0 Å². The van der Waals surface area contributed by atoms with Crippen molar-refractivity contribution in [2.45, 2.75) is 33.4 Å². The van der Waals surface area contributed by atoms with Gasteiger partial charge in [0.2, 0.25) is 5.91 Å². The summed E-state index contributed by atoms with van der Waals surface area (Å²) < 4.78 is 0. The summed E-state index contributed by atoms with van der Waals surface area (Å²) in [6.45, 7) is 6.43. The van der Waals surface area contributed by atoms with Crippen molar-refractivity contribution in [1.82, 2.24) is 10.6 Å². The maximum atomic E-state index is 12.5. The van der Waals surface area contributed by atoms with Gasteiger partial charge in [-0.3, -0.25) is 4.79 Å². The second-order valence-corrected chi connectivity index (χ2v) is 5.90. The number of aliphatic hydroxyl groups excluding tert-OH is 1.